The average molecular weight is 295 g/mol. The van der Waals surface area contributed by atoms with Crippen LogP contribution in [0.2, 0.25) is 0 Å². The molecule has 21 heavy (non-hydrogen) atoms. The van der Waals surface area contributed by atoms with Gasteiger partial charge in [-0.15, -0.1) is 0 Å². The minimum atomic E-state index is -0.516. The SMILES string of the molecule is COc1cc(NC(C)C(=O)NC(C)(C)C)ccc1[N+](=O)[O-]. The minimum absolute atomic E-state index is 0.116. The first-order valence-electron chi connectivity index (χ1n) is 6.55. The van der Waals surface area contributed by atoms with Crippen LogP contribution in [-0.2, 0) is 4.79 Å². The third kappa shape index (κ3) is 4.94. The van der Waals surface area contributed by atoms with Crippen LogP contribution < -0.4 is 15.4 Å². The summed E-state index contributed by atoms with van der Waals surface area (Å²) in [6.45, 7) is 7.40. The van der Waals surface area contributed by atoms with E-state index in [1.807, 2.05) is 20.8 Å². The van der Waals surface area contributed by atoms with Crippen molar-refractivity contribution < 1.29 is 14.5 Å². The Bertz CT molecular complexity index is 538. The maximum Gasteiger partial charge on any atom is 0.311 e. The number of benzene rings is 1. The van der Waals surface area contributed by atoms with E-state index >= 15 is 0 Å². The summed E-state index contributed by atoms with van der Waals surface area (Å²) in [5, 5.41) is 16.7. The Kier molecular flexibility index (Phi) is 5.12. The first-order valence-corrected chi connectivity index (χ1v) is 6.55. The van der Waals surface area contributed by atoms with Gasteiger partial charge in [0.2, 0.25) is 5.91 Å². The second-order valence-electron chi connectivity index (χ2n) is 5.75. The number of rotatable bonds is 5. The zero-order valence-electron chi connectivity index (χ0n) is 12.9. The quantitative estimate of drug-likeness (QED) is 0.642. The molecular weight excluding hydrogens is 274 g/mol. The smallest absolute Gasteiger partial charge is 0.311 e. The number of hydrogen-bond donors (Lipinski definition) is 2. The largest absolute Gasteiger partial charge is 0.490 e. The highest BCUT2D eigenvalue weighted by atomic mass is 16.6. The van der Waals surface area contributed by atoms with E-state index in [0.29, 0.717) is 5.69 Å². The first kappa shape index (κ1) is 16.7. The van der Waals surface area contributed by atoms with Crippen molar-refractivity contribution >= 4 is 17.3 Å². The van der Waals surface area contributed by atoms with Gasteiger partial charge in [-0.3, -0.25) is 14.9 Å². The molecule has 1 atom stereocenters. The summed E-state index contributed by atoms with van der Waals surface area (Å²) in [6, 6.07) is 3.91. The molecule has 0 radical (unpaired) electrons. The van der Waals surface area contributed by atoms with E-state index in [4.69, 9.17) is 4.74 Å². The van der Waals surface area contributed by atoms with Gasteiger partial charge >= 0.3 is 5.69 Å². The molecule has 0 aromatic heterocycles. The highest BCUT2D eigenvalue weighted by Crippen LogP contribution is 2.29. The molecule has 116 valence electrons. The lowest BCUT2D eigenvalue weighted by Gasteiger charge is -2.24. The zero-order chi connectivity index (χ0) is 16.2. The molecule has 0 aliphatic rings. The minimum Gasteiger partial charge on any atom is -0.490 e. The van der Waals surface area contributed by atoms with Crippen LogP contribution in [0.3, 0.4) is 0 Å². The summed E-state index contributed by atoms with van der Waals surface area (Å²) in [5.41, 5.74) is 0.143. The molecule has 7 heteroatoms. The predicted octanol–water partition coefficient (Wildman–Crippen LogP) is 2.32. The highest BCUT2D eigenvalue weighted by Gasteiger charge is 2.20. The lowest BCUT2D eigenvalue weighted by molar-refractivity contribution is -0.385. The molecule has 1 unspecified atom stereocenters. The van der Waals surface area contributed by atoms with Crippen molar-refractivity contribution in [1.29, 1.82) is 0 Å². The van der Waals surface area contributed by atoms with Crippen molar-refractivity contribution in [3.05, 3.63) is 28.3 Å². The second-order valence-corrected chi connectivity index (χ2v) is 5.75. The normalized spacial score (nSPS) is 12.4. The monoisotopic (exact) mass is 295 g/mol. The Morgan fingerprint density at radius 1 is 1.38 bits per heavy atom. The van der Waals surface area contributed by atoms with Gasteiger partial charge < -0.3 is 15.4 Å². The molecule has 0 aliphatic heterocycles. The van der Waals surface area contributed by atoms with Crippen molar-refractivity contribution in [2.24, 2.45) is 0 Å². The van der Waals surface area contributed by atoms with Gasteiger partial charge in [0, 0.05) is 23.4 Å². The van der Waals surface area contributed by atoms with E-state index in [1.165, 1.54) is 19.2 Å². The van der Waals surface area contributed by atoms with Crippen LogP contribution in [-0.4, -0.2) is 29.5 Å². The summed E-state index contributed by atoms with van der Waals surface area (Å²) < 4.78 is 4.99. The fraction of sp³-hybridized carbons (Fsp3) is 0.500. The number of amides is 1. The molecular formula is C14H21N3O4. The maximum absolute atomic E-state index is 12.0. The molecule has 0 saturated heterocycles. The molecule has 0 saturated carbocycles. The molecule has 0 bridgehead atoms. The highest BCUT2D eigenvalue weighted by molar-refractivity contribution is 5.84. The lowest BCUT2D eigenvalue weighted by atomic mass is 10.1. The van der Waals surface area contributed by atoms with Gasteiger partial charge in [0.1, 0.15) is 6.04 Å². The Labute approximate surface area is 123 Å². The third-order valence-electron chi connectivity index (χ3n) is 2.65. The van der Waals surface area contributed by atoms with E-state index in [0.717, 1.165) is 0 Å². The number of nitro benzene ring substituents is 1. The molecule has 1 aromatic carbocycles. The molecule has 1 rings (SSSR count). The maximum atomic E-state index is 12.0. The van der Waals surface area contributed by atoms with E-state index in [9.17, 15) is 14.9 Å². The molecule has 0 spiro atoms. The summed E-state index contributed by atoms with van der Waals surface area (Å²) in [7, 11) is 1.36. The number of carbonyl (C=O) groups is 1. The number of nitrogens with zero attached hydrogens (tertiary/aromatic N) is 1. The Morgan fingerprint density at radius 3 is 2.48 bits per heavy atom. The molecule has 7 nitrogen and oxygen atoms in total. The molecule has 0 heterocycles. The second kappa shape index (κ2) is 6.43. The van der Waals surface area contributed by atoms with Crippen LogP contribution in [0.15, 0.2) is 18.2 Å². The van der Waals surface area contributed by atoms with Crippen LogP contribution in [0.4, 0.5) is 11.4 Å². The van der Waals surface area contributed by atoms with E-state index in [2.05, 4.69) is 10.6 Å². The van der Waals surface area contributed by atoms with Crippen molar-refractivity contribution in [3.8, 4) is 5.75 Å². The van der Waals surface area contributed by atoms with Gasteiger partial charge in [-0.05, 0) is 33.8 Å². The average Bonchev–Trinajstić information content (AvgIpc) is 2.36. The van der Waals surface area contributed by atoms with E-state index in [1.54, 1.807) is 13.0 Å². The zero-order valence-corrected chi connectivity index (χ0v) is 12.9. The lowest BCUT2D eigenvalue weighted by Crippen LogP contribution is -2.47. The molecule has 0 aliphatic carbocycles. The van der Waals surface area contributed by atoms with Crippen molar-refractivity contribution in [1.82, 2.24) is 5.32 Å². The van der Waals surface area contributed by atoms with Crippen molar-refractivity contribution in [3.63, 3.8) is 0 Å². The number of nitro groups is 1. The van der Waals surface area contributed by atoms with Crippen LogP contribution in [0, 0.1) is 10.1 Å². The van der Waals surface area contributed by atoms with Crippen molar-refractivity contribution in [2.45, 2.75) is 39.3 Å². The van der Waals surface area contributed by atoms with Gasteiger partial charge in [0.05, 0.1) is 12.0 Å². The third-order valence-corrected chi connectivity index (χ3v) is 2.65. The molecule has 2 N–H and O–H groups in total. The van der Waals surface area contributed by atoms with Crippen LogP contribution in [0.25, 0.3) is 0 Å². The summed E-state index contributed by atoms with van der Waals surface area (Å²) in [5.74, 6) is -0.00625. The fourth-order valence-corrected chi connectivity index (χ4v) is 1.71. The van der Waals surface area contributed by atoms with E-state index < -0.39 is 11.0 Å². The fourth-order valence-electron chi connectivity index (χ4n) is 1.71. The number of methoxy groups -OCH3 is 1. The van der Waals surface area contributed by atoms with Crippen molar-refractivity contribution in [2.75, 3.05) is 12.4 Å². The predicted molar refractivity (Wildman–Crippen MR) is 80.6 cm³/mol. The first-order chi connectivity index (χ1) is 9.64. The van der Waals surface area contributed by atoms with Gasteiger partial charge in [-0.25, -0.2) is 0 Å². The van der Waals surface area contributed by atoms with Crippen LogP contribution >= 0.6 is 0 Å². The number of nitrogens with one attached hydrogen (secondary N) is 2. The molecule has 1 amide bonds. The molecule has 0 fully saturated rings. The van der Waals surface area contributed by atoms with Gasteiger partial charge in [-0.2, -0.15) is 0 Å². The van der Waals surface area contributed by atoms with E-state index in [-0.39, 0.29) is 22.9 Å². The van der Waals surface area contributed by atoms with Gasteiger partial charge in [0.15, 0.2) is 5.75 Å². The number of carbonyl (C=O) groups excluding carboxylic acids is 1. The summed E-state index contributed by atoms with van der Waals surface area (Å²) in [4.78, 5) is 22.3. The summed E-state index contributed by atoms with van der Waals surface area (Å²) >= 11 is 0. The number of hydrogen-bond acceptors (Lipinski definition) is 5. The van der Waals surface area contributed by atoms with Gasteiger partial charge in [-0.1, -0.05) is 0 Å². The Morgan fingerprint density at radius 2 is 2.00 bits per heavy atom. The molecule has 1 aromatic rings. The number of anilines is 1. The van der Waals surface area contributed by atoms with Crippen LogP contribution in [0.5, 0.6) is 5.75 Å². The Hall–Kier alpha value is -2.31. The number of ether oxygens (including phenoxy) is 1. The standard InChI is InChI=1S/C14H21N3O4/c1-9(13(18)16-14(2,3)4)15-10-6-7-11(17(19)20)12(8-10)21-5/h6-9,15H,1-5H3,(H,16,18). The Balaban J connectivity index is 2.84. The van der Waals surface area contributed by atoms with Crippen LogP contribution in [0.1, 0.15) is 27.7 Å². The topological polar surface area (TPSA) is 93.5 Å². The summed E-state index contributed by atoms with van der Waals surface area (Å²) in [6.07, 6.45) is 0. The van der Waals surface area contributed by atoms with Gasteiger partial charge in [0.25, 0.3) is 0 Å².